The zero-order valence-electron chi connectivity index (χ0n) is 29.5. The molecule has 0 N–H and O–H groups in total. The Balaban J connectivity index is 1.52. The van der Waals surface area contributed by atoms with E-state index in [-0.39, 0.29) is 0 Å². The fourth-order valence-electron chi connectivity index (χ4n) is 9.04. The molecule has 0 aromatic heterocycles. The molecule has 0 radical (unpaired) electrons. The molecule has 2 aromatic carbocycles. The molecule has 0 saturated heterocycles. The van der Waals surface area contributed by atoms with Crippen LogP contribution in [0.5, 0.6) is 0 Å². The second-order valence-electron chi connectivity index (χ2n) is 15.1. The van der Waals surface area contributed by atoms with Crippen LogP contribution in [0.2, 0.25) is 0 Å². The van der Waals surface area contributed by atoms with Crippen LogP contribution in [0.1, 0.15) is 134 Å². The van der Waals surface area contributed by atoms with Crippen LogP contribution in [0.15, 0.2) is 77.7 Å². The molecule has 3 aliphatic carbocycles. The van der Waals surface area contributed by atoms with Gasteiger partial charge in [0.25, 0.3) is 0 Å². The van der Waals surface area contributed by atoms with Gasteiger partial charge < -0.3 is 9.80 Å². The lowest BCUT2D eigenvalue weighted by Crippen LogP contribution is -2.37. The standard InChI is InChI=1S/C44H60N2/c1-5-36-20-9-7-11-25-42(36)45(39-23-14-12-18-33(2)19-16-24-39)41-32-30-38-29-28-37-21-13-15-26-43(37)46(44(38)35(41)4)40-22-10-6-8-17-34(3)27-31-40/h7,9,13,15,20-21,25-26,30,32-34,39-40H,5-6,8,10,12,14,16-19,22-24,27-29,31H2,1-4H3. The summed E-state index contributed by atoms with van der Waals surface area (Å²) in [4.78, 5) is 5.68. The van der Waals surface area contributed by atoms with Crippen LogP contribution in [0.3, 0.4) is 0 Å². The summed E-state index contributed by atoms with van der Waals surface area (Å²) in [5.41, 5.74) is 15.3. The molecule has 2 heteroatoms. The average Bonchev–Trinajstić information content (AvgIpc) is 3.29. The zero-order chi connectivity index (χ0) is 31.9. The SMILES string of the molecule is CCC1=C(N(c2ccc3c(c2C)N(C2CCCCCC(C)CC2)c2ccccc2CC3)C2CCCCC(C)CCC2)C=C=CC=C1. The predicted octanol–water partition coefficient (Wildman–Crippen LogP) is 12.5. The number of aryl methyl sites for hydroxylation is 2. The molecule has 2 saturated carbocycles. The molecule has 1 aliphatic heterocycles. The van der Waals surface area contributed by atoms with Crippen molar-refractivity contribution in [1.29, 1.82) is 0 Å². The van der Waals surface area contributed by atoms with Crippen LogP contribution in [-0.2, 0) is 12.8 Å². The third kappa shape index (κ3) is 7.44. The van der Waals surface area contributed by atoms with Gasteiger partial charge in [-0.05, 0) is 111 Å². The monoisotopic (exact) mass is 616 g/mol. The molecule has 0 bridgehead atoms. The Hall–Kier alpha value is -2.96. The lowest BCUT2D eigenvalue weighted by molar-refractivity contribution is 0.445. The summed E-state index contributed by atoms with van der Waals surface area (Å²) in [6, 6.07) is 15.5. The van der Waals surface area contributed by atoms with E-state index in [4.69, 9.17) is 0 Å². The van der Waals surface area contributed by atoms with Crippen LogP contribution in [0, 0.1) is 18.8 Å². The first-order valence-electron chi connectivity index (χ1n) is 19.2. The molecule has 4 unspecified atom stereocenters. The van der Waals surface area contributed by atoms with Crippen LogP contribution in [0.4, 0.5) is 17.1 Å². The Morgan fingerprint density at radius 3 is 2.35 bits per heavy atom. The first-order valence-corrected chi connectivity index (χ1v) is 19.2. The van der Waals surface area contributed by atoms with Gasteiger partial charge in [-0.25, -0.2) is 0 Å². The van der Waals surface area contributed by atoms with E-state index in [1.165, 1.54) is 135 Å². The average molecular weight is 617 g/mol. The fourth-order valence-corrected chi connectivity index (χ4v) is 9.04. The molecule has 2 fully saturated rings. The number of rotatable bonds is 5. The number of benzene rings is 2. The van der Waals surface area contributed by atoms with Gasteiger partial charge in [0, 0.05) is 35.2 Å². The molecule has 4 aliphatic rings. The van der Waals surface area contributed by atoms with Gasteiger partial charge in [-0.2, -0.15) is 0 Å². The Kier molecular flexibility index (Phi) is 11.3. The number of para-hydroxylation sites is 1. The molecule has 0 spiro atoms. The van der Waals surface area contributed by atoms with Gasteiger partial charge in [0.1, 0.15) is 0 Å². The molecule has 4 atom stereocenters. The van der Waals surface area contributed by atoms with E-state index in [9.17, 15) is 0 Å². The third-order valence-corrected chi connectivity index (χ3v) is 11.8. The smallest absolute Gasteiger partial charge is 0.0524 e. The largest absolute Gasteiger partial charge is 0.338 e. The molecule has 46 heavy (non-hydrogen) atoms. The molecular weight excluding hydrogens is 556 g/mol. The minimum atomic E-state index is 0.500. The molecule has 0 amide bonds. The first-order chi connectivity index (χ1) is 22.5. The Bertz CT molecular complexity index is 1450. The van der Waals surface area contributed by atoms with Crippen LogP contribution >= 0.6 is 0 Å². The van der Waals surface area contributed by atoms with Crippen molar-refractivity contribution in [2.45, 2.75) is 149 Å². The number of fused-ring (bicyclic) bond motifs is 2. The summed E-state index contributed by atoms with van der Waals surface area (Å²) in [5, 5.41) is 0. The number of anilines is 3. The van der Waals surface area contributed by atoms with E-state index < -0.39 is 0 Å². The van der Waals surface area contributed by atoms with Gasteiger partial charge >= 0.3 is 0 Å². The number of allylic oxidation sites excluding steroid dienone is 4. The summed E-state index contributed by atoms with van der Waals surface area (Å²) in [6.07, 6.45) is 30.8. The second-order valence-corrected chi connectivity index (χ2v) is 15.1. The highest BCUT2D eigenvalue weighted by molar-refractivity contribution is 5.80. The predicted molar refractivity (Wildman–Crippen MR) is 199 cm³/mol. The van der Waals surface area contributed by atoms with Crippen molar-refractivity contribution in [2.75, 3.05) is 9.80 Å². The fraction of sp³-hybridized carbons (Fsp3) is 0.568. The lowest BCUT2D eigenvalue weighted by atomic mass is 9.93. The van der Waals surface area contributed by atoms with Crippen molar-refractivity contribution in [3.8, 4) is 0 Å². The van der Waals surface area contributed by atoms with Crippen molar-refractivity contribution in [3.05, 3.63) is 94.4 Å². The van der Waals surface area contributed by atoms with Crippen molar-refractivity contribution >= 4 is 17.1 Å². The number of hydrogen-bond acceptors (Lipinski definition) is 2. The summed E-state index contributed by atoms with van der Waals surface area (Å²) in [6.45, 7) is 9.76. The maximum absolute atomic E-state index is 3.54. The first kappa shape index (κ1) is 33.0. The minimum Gasteiger partial charge on any atom is -0.338 e. The van der Waals surface area contributed by atoms with Gasteiger partial charge in [0.15, 0.2) is 0 Å². The number of hydrogen-bond donors (Lipinski definition) is 0. The van der Waals surface area contributed by atoms with Gasteiger partial charge in [-0.3, -0.25) is 0 Å². The maximum Gasteiger partial charge on any atom is 0.0524 e. The minimum absolute atomic E-state index is 0.500. The third-order valence-electron chi connectivity index (χ3n) is 11.8. The van der Waals surface area contributed by atoms with Gasteiger partial charge in [0.05, 0.1) is 5.70 Å². The Morgan fingerprint density at radius 1 is 0.761 bits per heavy atom. The van der Waals surface area contributed by atoms with Crippen molar-refractivity contribution in [3.63, 3.8) is 0 Å². The topological polar surface area (TPSA) is 6.48 Å². The van der Waals surface area contributed by atoms with Crippen LogP contribution in [-0.4, -0.2) is 12.1 Å². The summed E-state index contributed by atoms with van der Waals surface area (Å²) in [5.74, 6) is 1.67. The van der Waals surface area contributed by atoms with Crippen LogP contribution < -0.4 is 9.80 Å². The molecular formula is C44H60N2. The lowest BCUT2D eigenvalue weighted by Gasteiger charge is -2.40. The Labute approximate surface area is 281 Å². The summed E-state index contributed by atoms with van der Waals surface area (Å²) < 4.78 is 0. The van der Waals surface area contributed by atoms with E-state index in [2.05, 4.69) is 104 Å². The molecule has 1 heterocycles. The van der Waals surface area contributed by atoms with E-state index in [1.807, 2.05) is 0 Å². The molecule has 246 valence electrons. The highest BCUT2D eigenvalue weighted by Gasteiger charge is 2.32. The highest BCUT2D eigenvalue weighted by atomic mass is 15.2. The zero-order valence-corrected chi connectivity index (χ0v) is 29.5. The second kappa shape index (κ2) is 15.8. The van der Waals surface area contributed by atoms with Gasteiger partial charge in [-0.15, -0.1) is 5.73 Å². The highest BCUT2D eigenvalue weighted by Crippen LogP contribution is 2.46. The van der Waals surface area contributed by atoms with Gasteiger partial charge in [0.2, 0.25) is 0 Å². The van der Waals surface area contributed by atoms with E-state index in [0.717, 1.165) is 31.1 Å². The van der Waals surface area contributed by atoms with Crippen molar-refractivity contribution < 1.29 is 0 Å². The molecule has 2 aromatic rings. The Morgan fingerprint density at radius 2 is 1.48 bits per heavy atom. The quantitative estimate of drug-likeness (QED) is 0.308. The van der Waals surface area contributed by atoms with Crippen molar-refractivity contribution in [1.82, 2.24) is 0 Å². The van der Waals surface area contributed by atoms with Gasteiger partial charge in [-0.1, -0.05) is 115 Å². The van der Waals surface area contributed by atoms with Crippen LogP contribution in [0.25, 0.3) is 0 Å². The van der Waals surface area contributed by atoms with E-state index >= 15 is 0 Å². The van der Waals surface area contributed by atoms with Crippen molar-refractivity contribution in [2.24, 2.45) is 11.8 Å². The normalized spacial score (nSPS) is 26.0. The summed E-state index contributed by atoms with van der Waals surface area (Å²) >= 11 is 0. The van der Waals surface area contributed by atoms with E-state index in [0.29, 0.717) is 12.1 Å². The van der Waals surface area contributed by atoms with E-state index in [1.54, 1.807) is 0 Å². The molecule has 6 rings (SSSR count). The maximum atomic E-state index is 3.54. The molecule has 2 nitrogen and oxygen atoms in total. The number of nitrogens with zero attached hydrogens (tertiary/aromatic N) is 2. The summed E-state index contributed by atoms with van der Waals surface area (Å²) in [7, 11) is 0.